The van der Waals surface area contributed by atoms with Gasteiger partial charge >= 0.3 is 0 Å². The van der Waals surface area contributed by atoms with Crippen molar-refractivity contribution in [2.24, 2.45) is 4.99 Å². The molecule has 6 nitrogen and oxygen atoms in total. The van der Waals surface area contributed by atoms with Gasteiger partial charge in [-0.1, -0.05) is 19.4 Å². The Hall–Kier alpha value is -1.03. The van der Waals surface area contributed by atoms with E-state index in [1.807, 2.05) is 38.1 Å². The van der Waals surface area contributed by atoms with Crippen LogP contribution in [0.2, 0.25) is 0 Å². The van der Waals surface area contributed by atoms with Crippen LogP contribution in [0, 0.1) is 0 Å². The molecule has 166 valence electrons. The number of ether oxygens (including phenoxy) is 2. The van der Waals surface area contributed by atoms with Gasteiger partial charge in [-0.15, -0.1) is 24.0 Å². The number of aliphatic imine (C=N–C) groups is 1. The largest absolute Gasteiger partial charge is 0.497 e. The van der Waals surface area contributed by atoms with E-state index in [0.717, 1.165) is 55.4 Å². The Labute approximate surface area is 195 Å². The first-order valence-electron chi connectivity index (χ1n) is 10.3. The van der Waals surface area contributed by atoms with Crippen LogP contribution in [-0.4, -0.2) is 53.5 Å². The van der Waals surface area contributed by atoms with E-state index in [0.29, 0.717) is 17.8 Å². The number of halogens is 1. The lowest BCUT2D eigenvalue weighted by Gasteiger charge is -2.30. The third-order valence-electron chi connectivity index (χ3n) is 4.85. The number of hydrogen-bond donors (Lipinski definition) is 2. The molecule has 2 rings (SSSR count). The highest BCUT2D eigenvalue weighted by Gasteiger charge is 2.26. The summed E-state index contributed by atoms with van der Waals surface area (Å²) in [5, 5.41) is 7.15. The van der Waals surface area contributed by atoms with E-state index in [1.54, 1.807) is 7.11 Å². The Morgan fingerprint density at radius 3 is 2.76 bits per heavy atom. The van der Waals surface area contributed by atoms with Crippen molar-refractivity contribution < 1.29 is 13.7 Å². The third-order valence-corrected chi connectivity index (χ3v) is 6.59. The molecule has 0 spiro atoms. The van der Waals surface area contributed by atoms with E-state index in [4.69, 9.17) is 14.5 Å². The summed E-state index contributed by atoms with van der Waals surface area (Å²) in [6.45, 7) is 7.41. The van der Waals surface area contributed by atoms with Gasteiger partial charge in [-0.3, -0.25) is 4.21 Å². The first kappa shape index (κ1) is 26.0. The smallest absolute Gasteiger partial charge is 0.191 e. The van der Waals surface area contributed by atoms with Crippen LogP contribution in [-0.2, 0) is 10.8 Å². The summed E-state index contributed by atoms with van der Waals surface area (Å²) in [7, 11) is 0.926. The van der Waals surface area contributed by atoms with Gasteiger partial charge in [0.15, 0.2) is 5.96 Å². The second-order valence-corrected chi connectivity index (χ2v) is 9.13. The molecule has 0 bridgehead atoms. The molecule has 1 aromatic rings. The van der Waals surface area contributed by atoms with Crippen molar-refractivity contribution in [2.45, 2.75) is 63.9 Å². The Morgan fingerprint density at radius 2 is 2.07 bits per heavy atom. The maximum atomic E-state index is 12.2. The Morgan fingerprint density at radius 1 is 1.31 bits per heavy atom. The topological polar surface area (TPSA) is 72.0 Å². The van der Waals surface area contributed by atoms with Crippen LogP contribution in [0.3, 0.4) is 0 Å². The molecular weight excluding hydrogens is 501 g/mol. The van der Waals surface area contributed by atoms with Crippen molar-refractivity contribution in [1.82, 2.24) is 10.6 Å². The molecule has 0 aromatic heterocycles. The molecule has 8 heteroatoms. The quantitative estimate of drug-likeness (QED) is 0.286. The zero-order chi connectivity index (χ0) is 20.4. The van der Waals surface area contributed by atoms with Crippen LogP contribution >= 0.6 is 24.0 Å². The van der Waals surface area contributed by atoms with Crippen molar-refractivity contribution in [1.29, 1.82) is 0 Å². The monoisotopic (exact) mass is 537 g/mol. The van der Waals surface area contributed by atoms with Crippen LogP contribution < -0.4 is 20.1 Å². The van der Waals surface area contributed by atoms with Gasteiger partial charge in [-0.05, 0) is 45.2 Å². The SMILES string of the molecule is CCNC(=NCC(C)Oc1cccc(OC)c1)NC1CCCC(S(=O)CC)C1.I. The van der Waals surface area contributed by atoms with Crippen LogP contribution in [0.25, 0.3) is 0 Å². The predicted octanol–water partition coefficient (Wildman–Crippen LogP) is 3.72. The first-order chi connectivity index (χ1) is 13.5. The lowest BCUT2D eigenvalue weighted by Crippen LogP contribution is -2.47. The minimum absolute atomic E-state index is 0. The summed E-state index contributed by atoms with van der Waals surface area (Å²) in [4.78, 5) is 4.70. The van der Waals surface area contributed by atoms with Crippen molar-refractivity contribution >= 4 is 40.7 Å². The fourth-order valence-electron chi connectivity index (χ4n) is 3.43. The summed E-state index contributed by atoms with van der Waals surface area (Å²) < 4.78 is 23.4. The van der Waals surface area contributed by atoms with Crippen LogP contribution in [0.4, 0.5) is 0 Å². The van der Waals surface area contributed by atoms with E-state index < -0.39 is 10.8 Å². The van der Waals surface area contributed by atoms with E-state index in [2.05, 4.69) is 17.6 Å². The molecule has 0 saturated heterocycles. The highest BCUT2D eigenvalue weighted by Crippen LogP contribution is 2.23. The molecule has 0 amide bonds. The second kappa shape index (κ2) is 14.1. The normalized spacial score (nSPS) is 21.4. The summed E-state index contributed by atoms with van der Waals surface area (Å²) in [6.07, 6.45) is 4.16. The summed E-state index contributed by atoms with van der Waals surface area (Å²) in [5.41, 5.74) is 0. The number of nitrogens with one attached hydrogen (secondary N) is 2. The van der Waals surface area contributed by atoms with Gasteiger partial charge in [0, 0.05) is 40.5 Å². The van der Waals surface area contributed by atoms with Gasteiger partial charge in [0.05, 0.1) is 13.7 Å². The van der Waals surface area contributed by atoms with E-state index >= 15 is 0 Å². The molecule has 0 heterocycles. The Balaban J connectivity index is 0.00000420. The van der Waals surface area contributed by atoms with Gasteiger partial charge in [0.1, 0.15) is 17.6 Å². The maximum absolute atomic E-state index is 12.2. The van der Waals surface area contributed by atoms with Crippen molar-refractivity contribution in [2.75, 3.05) is 26.0 Å². The number of benzene rings is 1. The molecule has 4 atom stereocenters. The zero-order valence-corrected chi connectivity index (χ0v) is 21.1. The molecule has 1 aliphatic carbocycles. The molecule has 29 heavy (non-hydrogen) atoms. The Kier molecular flexibility index (Phi) is 12.6. The number of rotatable bonds is 9. The number of guanidine groups is 1. The molecular formula is C21H36IN3O3S. The van der Waals surface area contributed by atoms with Gasteiger partial charge in [-0.2, -0.15) is 0 Å². The summed E-state index contributed by atoms with van der Waals surface area (Å²) in [6, 6.07) is 7.92. The summed E-state index contributed by atoms with van der Waals surface area (Å²) >= 11 is 0. The predicted molar refractivity (Wildman–Crippen MR) is 132 cm³/mol. The van der Waals surface area contributed by atoms with Crippen molar-refractivity contribution in [3.05, 3.63) is 24.3 Å². The van der Waals surface area contributed by atoms with Gasteiger partial charge < -0.3 is 20.1 Å². The van der Waals surface area contributed by atoms with E-state index in [-0.39, 0.29) is 30.1 Å². The highest BCUT2D eigenvalue weighted by atomic mass is 127. The molecule has 0 radical (unpaired) electrons. The minimum Gasteiger partial charge on any atom is -0.497 e. The number of methoxy groups -OCH3 is 1. The average molecular weight is 538 g/mol. The highest BCUT2D eigenvalue weighted by molar-refractivity contribution is 14.0. The van der Waals surface area contributed by atoms with Crippen LogP contribution in [0.1, 0.15) is 46.5 Å². The fraction of sp³-hybridized carbons (Fsp3) is 0.667. The minimum atomic E-state index is -0.720. The van der Waals surface area contributed by atoms with Crippen molar-refractivity contribution in [3.63, 3.8) is 0 Å². The molecule has 1 saturated carbocycles. The molecule has 4 unspecified atom stereocenters. The molecule has 2 N–H and O–H groups in total. The van der Waals surface area contributed by atoms with Crippen LogP contribution in [0.5, 0.6) is 11.5 Å². The first-order valence-corrected chi connectivity index (χ1v) is 11.7. The molecule has 1 aromatic carbocycles. The number of hydrogen-bond acceptors (Lipinski definition) is 4. The van der Waals surface area contributed by atoms with E-state index in [9.17, 15) is 4.21 Å². The lowest BCUT2D eigenvalue weighted by atomic mass is 9.95. The lowest BCUT2D eigenvalue weighted by molar-refractivity contribution is 0.229. The standard InChI is InChI=1S/C21H35N3O3S.HI/c1-5-22-21(24-17-9-7-12-20(13-17)28(25)6-2)23-15-16(3)27-19-11-8-10-18(14-19)26-4;/h8,10-11,14,16-17,20H,5-7,9,12-13,15H2,1-4H3,(H2,22,23,24);1H. The third kappa shape index (κ3) is 9.11. The fourth-order valence-corrected chi connectivity index (χ4v) is 4.78. The second-order valence-electron chi connectivity index (χ2n) is 7.13. The Bertz CT molecular complexity index is 660. The average Bonchev–Trinajstić information content (AvgIpc) is 2.72. The molecule has 1 aliphatic rings. The van der Waals surface area contributed by atoms with Gasteiger partial charge in [0.2, 0.25) is 0 Å². The molecule has 0 aliphatic heterocycles. The van der Waals surface area contributed by atoms with Gasteiger partial charge in [-0.25, -0.2) is 4.99 Å². The van der Waals surface area contributed by atoms with E-state index in [1.165, 1.54) is 0 Å². The van der Waals surface area contributed by atoms with Crippen molar-refractivity contribution in [3.8, 4) is 11.5 Å². The van der Waals surface area contributed by atoms with Gasteiger partial charge in [0.25, 0.3) is 0 Å². The summed E-state index contributed by atoms with van der Waals surface area (Å²) in [5.74, 6) is 3.10. The number of nitrogens with zero attached hydrogens (tertiary/aromatic N) is 1. The maximum Gasteiger partial charge on any atom is 0.191 e. The van der Waals surface area contributed by atoms with Crippen LogP contribution in [0.15, 0.2) is 29.3 Å². The molecule has 1 fully saturated rings. The zero-order valence-electron chi connectivity index (χ0n) is 18.0.